The Labute approximate surface area is 131 Å². The van der Waals surface area contributed by atoms with Gasteiger partial charge in [-0.2, -0.15) is 0 Å². The van der Waals surface area contributed by atoms with Crippen molar-refractivity contribution in [3.63, 3.8) is 0 Å². The van der Waals surface area contributed by atoms with Crippen molar-refractivity contribution in [1.82, 2.24) is 10.6 Å². The van der Waals surface area contributed by atoms with Crippen LogP contribution in [0.15, 0.2) is 30.3 Å². The summed E-state index contributed by atoms with van der Waals surface area (Å²) in [6.45, 7) is 2.06. The number of hydrogen-bond acceptors (Lipinski definition) is 3. The van der Waals surface area contributed by atoms with Crippen LogP contribution in [0.25, 0.3) is 0 Å². The number of rotatable bonds is 6. The summed E-state index contributed by atoms with van der Waals surface area (Å²) in [6.07, 6.45) is 4.17. The molecule has 5 nitrogen and oxygen atoms in total. The molecule has 0 saturated heterocycles. The van der Waals surface area contributed by atoms with Gasteiger partial charge in [0.25, 0.3) is 0 Å². The minimum Gasteiger partial charge on any atom is -0.450 e. The van der Waals surface area contributed by atoms with Gasteiger partial charge in [-0.05, 0) is 25.3 Å². The Hall–Kier alpha value is -2.04. The lowest BCUT2D eigenvalue weighted by Crippen LogP contribution is -2.37. The Morgan fingerprint density at radius 1 is 1.23 bits per heavy atom. The maximum Gasteiger partial charge on any atom is 0.407 e. The molecule has 2 N–H and O–H groups in total. The predicted octanol–water partition coefficient (Wildman–Crippen LogP) is 2.92. The van der Waals surface area contributed by atoms with E-state index in [0.29, 0.717) is 6.61 Å². The van der Waals surface area contributed by atoms with Gasteiger partial charge < -0.3 is 15.4 Å². The minimum absolute atomic E-state index is 0.0300. The molecule has 22 heavy (non-hydrogen) atoms. The highest BCUT2D eigenvalue weighted by molar-refractivity contribution is 5.78. The number of alkyl carbamates (subject to hydrolysis) is 1. The summed E-state index contributed by atoms with van der Waals surface area (Å²) >= 11 is 0. The molecule has 2 rings (SSSR count). The maximum atomic E-state index is 12.2. The molecule has 0 heterocycles. The van der Waals surface area contributed by atoms with E-state index < -0.39 is 6.09 Å². The van der Waals surface area contributed by atoms with Crippen LogP contribution in [-0.4, -0.2) is 24.6 Å². The number of carbonyl (C=O) groups is 2. The molecule has 0 aliphatic heterocycles. The van der Waals surface area contributed by atoms with Gasteiger partial charge in [-0.1, -0.05) is 43.2 Å². The van der Waals surface area contributed by atoms with Crippen molar-refractivity contribution in [1.29, 1.82) is 0 Å². The Morgan fingerprint density at radius 2 is 1.91 bits per heavy atom. The summed E-state index contributed by atoms with van der Waals surface area (Å²) in [5, 5.41) is 5.82. The molecule has 1 saturated carbocycles. The molecule has 1 atom stereocenters. The van der Waals surface area contributed by atoms with E-state index >= 15 is 0 Å². The smallest absolute Gasteiger partial charge is 0.407 e. The molecule has 1 aliphatic rings. The highest BCUT2D eigenvalue weighted by Gasteiger charge is 2.22. The fraction of sp³-hybridized carbons (Fsp3) is 0.529. The first-order chi connectivity index (χ1) is 10.7. The quantitative estimate of drug-likeness (QED) is 0.849. The zero-order chi connectivity index (χ0) is 15.8. The molecule has 0 spiro atoms. The van der Waals surface area contributed by atoms with Crippen LogP contribution < -0.4 is 10.6 Å². The van der Waals surface area contributed by atoms with Gasteiger partial charge in [0.1, 0.15) is 0 Å². The highest BCUT2D eigenvalue weighted by Crippen LogP contribution is 2.20. The van der Waals surface area contributed by atoms with E-state index in [0.717, 1.165) is 18.4 Å². The molecule has 5 heteroatoms. The number of amides is 2. The van der Waals surface area contributed by atoms with Crippen molar-refractivity contribution in [2.45, 2.75) is 51.1 Å². The van der Waals surface area contributed by atoms with Gasteiger partial charge in [0.05, 0.1) is 19.1 Å². The highest BCUT2D eigenvalue weighted by atomic mass is 16.5. The van der Waals surface area contributed by atoms with E-state index in [2.05, 4.69) is 10.6 Å². The first-order valence-electron chi connectivity index (χ1n) is 7.96. The van der Waals surface area contributed by atoms with Crippen molar-refractivity contribution in [3.8, 4) is 0 Å². The Morgan fingerprint density at radius 3 is 2.55 bits per heavy atom. The molecule has 0 bridgehead atoms. The Kier molecular flexibility index (Phi) is 6.25. The van der Waals surface area contributed by atoms with E-state index in [4.69, 9.17) is 4.74 Å². The summed E-state index contributed by atoms with van der Waals surface area (Å²) < 4.78 is 4.93. The Bertz CT molecular complexity index is 484. The van der Waals surface area contributed by atoms with Crippen LogP contribution in [0.3, 0.4) is 0 Å². The first-order valence-corrected chi connectivity index (χ1v) is 7.96. The van der Waals surface area contributed by atoms with Gasteiger partial charge in [0.2, 0.25) is 5.91 Å². The van der Waals surface area contributed by atoms with Crippen molar-refractivity contribution >= 4 is 12.0 Å². The lowest BCUT2D eigenvalue weighted by atomic mass is 10.0. The second-order valence-electron chi connectivity index (χ2n) is 5.58. The third kappa shape index (κ3) is 5.06. The van der Waals surface area contributed by atoms with E-state index in [1.807, 2.05) is 30.3 Å². The second-order valence-corrected chi connectivity index (χ2v) is 5.58. The van der Waals surface area contributed by atoms with Crippen molar-refractivity contribution in [3.05, 3.63) is 35.9 Å². The maximum absolute atomic E-state index is 12.2. The zero-order valence-electron chi connectivity index (χ0n) is 13.0. The molecule has 1 aliphatic carbocycles. The first kappa shape index (κ1) is 16.3. The number of nitrogens with one attached hydrogen (secondary N) is 2. The van der Waals surface area contributed by atoms with E-state index in [9.17, 15) is 9.59 Å². The average molecular weight is 304 g/mol. The van der Waals surface area contributed by atoms with Crippen molar-refractivity contribution in [2.75, 3.05) is 6.61 Å². The predicted molar refractivity (Wildman–Crippen MR) is 84.4 cm³/mol. The molecule has 120 valence electrons. The molecule has 0 radical (unpaired) electrons. The second kappa shape index (κ2) is 8.41. The molecule has 0 aromatic heterocycles. The molecule has 1 aromatic carbocycles. The number of ether oxygens (including phenoxy) is 1. The molecule has 1 aromatic rings. The van der Waals surface area contributed by atoms with Crippen molar-refractivity contribution in [2.24, 2.45) is 0 Å². The van der Waals surface area contributed by atoms with E-state index in [1.165, 1.54) is 12.8 Å². The van der Waals surface area contributed by atoms with Crippen LogP contribution in [-0.2, 0) is 9.53 Å². The summed E-state index contributed by atoms with van der Waals surface area (Å²) in [5.74, 6) is -0.0300. The van der Waals surface area contributed by atoms with Crippen LogP contribution in [0.5, 0.6) is 0 Å². The minimum atomic E-state index is -0.495. The monoisotopic (exact) mass is 304 g/mol. The van der Waals surface area contributed by atoms with Gasteiger partial charge >= 0.3 is 6.09 Å². The van der Waals surface area contributed by atoms with Gasteiger partial charge in [0, 0.05) is 6.04 Å². The molecule has 1 fully saturated rings. The van der Waals surface area contributed by atoms with E-state index in [-0.39, 0.29) is 24.4 Å². The van der Waals surface area contributed by atoms with Crippen LogP contribution in [0.1, 0.15) is 50.6 Å². The fourth-order valence-electron chi connectivity index (χ4n) is 2.79. The van der Waals surface area contributed by atoms with Crippen LogP contribution in [0.4, 0.5) is 4.79 Å². The summed E-state index contributed by atoms with van der Waals surface area (Å²) in [5.41, 5.74) is 0.900. The number of benzene rings is 1. The molecule has 2 amide bonds. The van der Waals surface area contributed by atoms with Gasteiger partial charge in [-0.15, -0.1) is 0 Å². The van der Waals surface area contributed by atoms with Crippen LogP contribution >= 0.6 is 0 Å². The standard InChI is InChI=1S/C17H24N2O3/c1-2-22-17(21)19-15(13-8-4-3-5-9-13)12-16(20)18-14-10-6-7-11-14/h3-5,8-9,14-15H,2,6-7,10-12H2,1H3,(H,18,20)(H,19,21)/t15-/m0/s1. The van der Waals surface area contributed by atoms with Crippen LogP contribution in [0, 0.1) is 0 Å². The normalized spacial score (nSPS) is 16.0. The lowest BCUT2D eigenvalue weighted by molar-refractivity contribution is -0.122. The summed E-state index contributed by atoms with van der Waals surface area (Å²) in [4.78, 5) is 23.9. The fourth-order valence-corrected chi connectivity index (χ4v) is 2.79. The topological polar surface area (TPSA) is 67.4 Å². The summed E-state index contributed by atoms with van der Waals surface area (Å²) in [7, 11) is 0. The van der Waals surface area contributed by atoms with Gasteiger partial charge in [0.15, 0.2) is 0 Å². The molecular formula is C17H24N2O3. The van der Waals surface area contributed by atoms with Gasteiger partial charge in [-0.25, -0.2) is 4.79 Å². The SMILES string of the molecule is CCOC(=O)N[C@@H](CC(=O)NC1CCCC1)c1ccccc1. The number of hydrogen-bond donors (Lipinski definition) is 2. The zero-order valence-corrected chi connectivity index (χ0v) is 13.0. The largest absolute Gasteiger partial charge is 0.450 e. The third-order valence-electron chi connectivity index (χ3n) is 3.88. The lowest BCUT2D eigenvalue weighted by Gasteiger charge is -2.20. The Balaban J connectivity index is 1.97. The van der Waals surface area contributed by atoms with Gasteiger partial charge in [-0.3, -0.25) is 4.79 Å². The molecular weight excluding hydrogens is 280 g/mol. The van der Waals surface area contributed by atoms with Crippen molar-refractivity contribution < 1.29 is 14.3 Å². The number of carbonyl (C=O) groups excluding carboxylic acids is 2. The molecule has 0 unspecified atom stereocenters. The average Bonchev–Trinajstić information content (AvgIpc) is 3.00. The van der Waals surface area contributed by atoms with E-state index in [1.54, 1.807) is 6.92 Å². The third-order valence-corrected chi connectivity index (χ3v) is 3.88. The summed E-state index contributed by atoms with van der Waals surface area (Å²) in [6, 6.07) is 9.41. The van der Waals surface area contributed by atoms with Crippen LogP contribution in [0.2, 0.25) is 0 Å².